The predicted molar refractivity (Wildman–Crippen MR) is 121 cm³/mol. The molecule has 1 aliphatic heterocycles. The number of hydrogen-bond donors (Lipinski definition) is 2. The van der Waals surface area contributed by atoms with E-state index in [1.807, 2.05) is 37.3 Å². The van der Waals surface area contributed by atoms with Crippen LogP contribution in [0.3, 0.4) is 0 Å². The standard InChI is InChI=1S/C25H29N3O4/c1-3-21(29)27-20-6-4-5-19(13-20)23-22(24(30)26-14-17-11-12-17)28(25(31)32-23)15-18-9-7-16(2)8-10-18/h4-10,13,17,22-23H,3,11-12,14-15H2,1-2H3,(H,26,30)(H,27,29)/t22-,23-/m0/s1. The largest absolute Gasteiger partial charge is 0.438 e. The first kappa shape index (κ1) is 21.9. The molecule has 0 aromatic heterocycles. The fraction of sp³-hybridized carbons (Fsp3) is 0.400. The van der Waals surface area contributed by atoms with Gasteiger partial charge in [-0.25, -0.2) is 4.79 Å². The number of carbonyl (C=O) groups is 3. The number of anilines is 1. The number of nitrogens with one attached hydrogen (secondary N) is 2. The highest BCUT2D eigenvalue weighted by atomic mass is 16.6. The number of aryl methyl sites for hydroxylation is 1. The van der Waals surface area contributed by atoms with E-state index in [1.165, 1.54) is 4.90 Å². The van der Waals surface area contributed by atoms with E-state index in [1.54, 1.807) is 25.1 Å². The van der Waals surface area contributed by atoms with E-state index in [0.29, 0.717) is 30.1 Å². The lowest BCUT2D eigenvalue weighted by Gasteiger charge is -2.24. The molecular formula is C25H29N3O4. The third-order valence-corrected chi connectivity index (χ3v) is 5.91. The highest BCUT2D eigenvalue weighted by Gasteiger charge is 2.47. The molecule has 1 saturated heterocycles. The summed E-state index contributed by atoms with van der Waals surface area (Å²) in [5.41, 5.74) is 3.34. The lowest BCUT2D eigenvalue weighted by atomic mass is 10.00. The molecule has 0 spiro atoms. The second kappa shape index (κ2) is 9.42. The number of hydrogen-bond acceptors (Lipinski definition) is 4. The zero-order chi connectivity index (χ0) is 22.7. The molecule has 2 fully saturated rings. The average molecular weight is 436 g/mol. The Kier molecular flexibility index (Phi) is 6.44. The van der Waals surface area contributed by atoms with Gasteiger partial charge in [-0.05, 0) is 48.9 Å². The van der Waals surface area contributed by atoms with Gasteiger partial charge in [0.05, 0.1) is 6.54 Å². The van der Waals surface area contributed by atoms with E-state index < -0.39 is 18.2 Å². The first-order valence-electron chi connectivity index (χ1n) is 11.1. The Labute approximate surface area is 188 Å². The van der Waals surface area contributed by atoms with Crippen molar-refractivity contribution in [3.63, 3.8) is 0 Å². The molecule has 3 amide bonds. The van der Waals surface area contributed by atoms with E-state index in [-0.39, 0.29) is 18.4 Å². The van der Waals surface area contributed by atoms with E-state index in [0.717, 1.165) is 24.0 Å². The van der Waals surface area contributed by atoms with Crippen molar-refractivity contribution in [2.45, 2.75) is 51.8 Å². The maximum atomic E-state index is 13.2. The number of carbonyl (C=O) groups excluding carboxylic acids is 3. The van der Waals surface area contributed by atoms with Gasteiger partial charge in [-0.1, -0.05) is 48.9 Å². The minimum atomic E-state index is -0.792. The van der Waals surface area contributed by atoms with Crippen LogP contribution in [-0.2, 0) is 20.9 Å². The van der Waals surface area contributed by atoms with E-state index in [9.17, 15) is 14.4 Å². The molecule has 7 nitrogen and oxygen atoms in total. The van der Waals surface area contributed by atoms with Crippen LogP contribution in [0.5, 0.6) is 0 Å². The third-order valence-electron chi connectivity index (χ3n) is 5.91. The molecule has 32 heavy (non-hydrogen) atoms. The summed E-state index contributed by atoms with van der Waals surface area (Å²) < 4.78 is 5.71. The van der Waals surface area contributed by atoms with Gasteiger partial charge in [0.2, 0.25) is 11.8 Å². The van der Waals surface area contributed by atoms with E-state index in [4.69, 9.17) is 4.74 Å². The van der Waals surface area contributed by atoms with Crippen molar-refractivity contribution in [2.75, 3.05) is 11.9 Å². The third kappa shape index (κ3) is 5.10. The number of amides is 3. The van der Waals surface area contributed by atoms with Crippen LogP contribution in [0, 0.1) is 12.8 Å². The summed E-state index contributed by atoms with van der Waals surface area (Å²) in [5, 5.41) is 5.83. The molecule has 168 valence electrons. The van der Waals surface area contributed by atoms with Crippen molar-refractivity contribution in [1.82, 2.24) is 10.2 Å². The van der Waals surface area contributed by atoms with Gasteiger partial charge in [0.15, 0.2) is 12.1 Å². The molecule has 4 rings (SSSR count). The van der Waals surface area contributed by atoms with E-state index in [2.05, 4.69) is 10.6 Å². The first-order valence-corrected chi connectivity index (χ1v) is 11.1. The Morgan fingerprint density at radius 3 is 2.56 bits per heavy atom. The molecule has 2 atom stereocenters. The normalized spacial score (nSPS) is 20.1. The zero-order valence-electron chi connectivity index (χ0n) is 18.5. The number of nitrogens with zero attached hydrogens (tertiary/aromatic N) is 1. The smallest absolute Gasteiger partial charge is 0.411 e. The Hall–Kier alpha value is -3.35. The fourth-order valence-electron chi connectivity index (χ4n) is 3.81. The summed E-state index contributed by atoms with van der Waals surface area (Å²) in [7, 11) is 0. The molecule has 0 unspecified atom stereocenters. The Balaban J connectivity index is 1.60. The lowest BCUT2D eigenvalue weighted by Crippen LogP contribution is -2.46. The lowest BCUT2D eigenvalue weighted by molar-refractivity contribution is -0.126. The molecule has 2 aromatic rings. The molecule has 0 radical (unpaired) electrons. The zero-order valence-corrected chi connectivity index (χ0v) is 18.5. The minimum Gasteiger partial charge on any atom is -0.438 e. The quantitative estimate of drug-likeness (QED) is 0.658. The van der Waals surface area contributed by atoms with Crippen LogP contribution in [0.1, 0.15) is 49.0 Å². The van der Waals surface area contributed by atoms with Crippen molar-refractivity contribution in [3.05, 3.63) is 65.2 Å². The number of benzene rings is 2. The predicted octanol–water partition coefficient (Wildman–Crippen LogP) is 3.93. The molecule has 1 heterocycles. The van der Waals surface area contributed by atoms with Crippen LogP contribution in [-0.4, -0.2) is 35.4 Å². The first-order chi connectivity index (χ1) is 15.4. The van der Waals surface area contributed by atoms with Crippen LogP contribution in [0.25, 0.3) is 0 Å². The van der Waals surface area contributed by atoms with Crippen molar-refractivity contribution >= 4 is 23.6 Å². The van der Waals surface area contributed by atoms with Gasteiger partial charge in [0, 0.05) is 18.7 Å². The molecule has 0 bridgehead atoms. The maximum Gasteiger partial charge on any atom is 0.411 e. The van der Waals surface area contributed by atoms with Crippen LogP contribution < -0.4 is 10.6 Å². The summed E-state index contributed by atoms with van der Waals surface area (Å²) in [4.78, 5) is 39.4. The van der Waals surface area contributed by atoms with Crippen molar-refractivity contribution < 1.29 is 19.1 Å². The Morgan fingerprint density at radius 1 is 1.12 bits per heavy atom. The molecule has 2 aromatic carbocycles. The molecule has 2 N–H and O–H groups in total. The molecule has 1 aliphatic carbocycles. The van der Waals surface area contributed by atoms with Gasteiger partial charge in [0.1, 0.15) is 0 Å². The van der Waals surface area contributed by atoms with Crippen LogP contribution >= 0.6 is 0 Å². The van der Waals surface area contributed by atoms with Gasteiger partial charge >= 0.3 is 6.09 Å². The monoisotopic (exact) mass is 435 g/mol. The second-order valence-corrected chi connectivity index (χ2v) is 8.58. The van der Waals surface area contributed by atoms with Crippen molar-refractivity contribution in [2.24, 2.45) is 5.92 Å². The highest BCUT2D eigenvalue weighted by Crippen LogP contribution is 2.35. The molecule has 1 saturated carbocycles. The van der Waals surface area contributed by atoms with Crippen LogP contribution in [0.2, 0.25) is 0 Å². The van der Waals surface area contributed by atoms with Gasteiger partial charge in [-0.15, -0.1) is 0 Å². The second-order valence-electron chi connectivity index (χ2n) is 8.58. The number of ether oxygens (including phenoxy) is 1. The van der Waals surface area contributed by atoms with Gasteiger partial charge in [-0.3, -0.25) is 14.5 Å². The van der Waals surface area contributed by atoms with Crippen molar-refractivity contribution in [1.29, 1.82) is 0 Å². The van der Waals surface area contributed by atoms with E-state index >= 15 is 0 Å². The number of rotatable bonds is 8. The van der Waals surface area contributed by atoms with Crippen LogP contribution in [0.15, 0.2) is 48.5 Å². The number of cyclic esters (lactones) is 1. The average Bonchev–Trinajstić information content (AvgIpc) is 3.56. The highest BCUT2D eigenvalue weighted by molar-refractivity contribution is 5.91. The molecule has 7 heteroatoms. The molecular weight excluding hydrogens is 406 g/mol. The summed E-state index contributed by atoms with van der Waals surface area (Å²) in [6, 6.07) is 14.2. The minimum absolute atomic E-state index is 0.106. The summed E-state index contributed by atoms with van der Waals surface area (Å²) in [6.07, 6.45) is 1.32. The SMILES string of the molecule is CCC(=O)Nc1cccc([C@@H]2OC(=O)N(Cc3ccc(C)cc3)[C@@H]2C(=O)NCC2CC2)c1. The van der Waals surface area contributed by atoms with Crippen molar-refractivity contribution in [3.8, 4) is 0 Å². The van der Waals surface area contributed by atoms with Crippen LogP contribution in [0.4, 0.5) is 10.5 Å². The Morgan fingerprint density at radius 2 is 1.88 bits per heavy atom. The van der Waals surface area contributed by atoms with Gasteiger partial charge in [0.25, 0.3) is 0 Å². The molecule has 2 aliphatic rings. The Bertz CT molecular complexity index is 1000. The van der Waals surface area contributed by atoms with Gasteiger partial charge in [-0.2, -0.15) is 0 Å². The summed E-state index contributed by atoms with van der Waals surface area (Å²) >= 11 is 0. The summed E-state index contributed by atoms with van der Waals surface area (Å²) in [5.74, 6) is 0.196. The fourth-order valence-corrected chi connectivity index (χ4v) is 3.81. The van der Waals surface area contributed by atoms with Gasteiger partial charge < -0.3 is 15.4 Å². The maximum absolute atomic E-state index is 13.2. The summed E-state index contributed by atoms with van der Waals surface area (Å²) in [6.45, 7) is 4.67. The topological polar surface area (TPSA) is 87.7 Å².